The average Bonchev–Trinajstić information content (AvgIpc) is 3.16. The second-order valence-electron chi connectivity index (χ2n) is 4.81. The molecule has 0 radical (unpaired) electrons. The number of hydrogen-bond donors (Lipinski definition) is 2. The van der Waals surface area contributed by atoms with E-state index >= 15 is 0 Å². The molecule has 2 rings (SSSR count). The summed E-state index contributed by atoms with van der Waals surface area (Å²) >= 11 is 0. The summed E-state index contributed by atoms with van der Waals surface area (Å²) in [5.74, 6) is -1.24. The van der Waals surface area contributed by atoms with Gasteiger partial charge in [-0.25, -0.2) is 8.78 Å². The van der Waals surface area contributed by atoms with E-state index in [1.54, 1.807) is 6.92 Å². The third-order valence-corrected chi connectivity index (χ3v) is 3.27. The number of halogens is 2. The highest BCUT2D eigenvalue weighted by Gasteiger charge is 2.25. The van der Waals surface area contributed by atoms with Crippen molar-refractivity contribution in [2.45, 2.75) is 25.8 Å². The molecule has 0 saturated heterocycles. The summed E-state index contributed by atoms with van der Waals surface area (Å²) in [6, 6.07) is 0.657. The fourth-order valence-electron chi connectivity index (χ4n) is 1.84. The summed E-state index contributed by atoms with van der Waals surface area (Å²) in [6.45, 7) is 2.07. The summed E-state index contributed by atoms with van der Waals surface area (Å²) in [4.78, 5) is 0. The van der Waals surface area contributed by atoms with Gasteiger partial charge in [0.15, 0.2) is 17.4 Å². The van der Waals surface area contributed by atoms with Crippen molar-refractivity contribution in [3.8, 4) is 5.75 Å². The SMILES string of the molecule is Cc1c(C(N)CN)cc(F)c(OCC2CC2)c1F. The van der Waals surface area contributed by atoms with Crippen LogP contribution in [0, 0.1) is 24.5 Å². The number of hydrogen-bond acceptors (Lipinski definition) is 3. The van der Waals surface area contributed by atoms with E-state index < -0.39 is 17.7 Å². The van der Waals surface area contributed by atoms with Crippen LogP contribution in [0.15, 0.2) is 6.07 Å². The standard InChI is InChI=1S/C13H18F2N2O/c1-7-9(11(17)5-16)4-10(14)13(12(7)15)18-6-8-2-3-8/h4,8,11H,2-3,5-6,16-17H2,1H3. The molecule has 0 heterocycles. The zero-order valence-corrected chi connectivity index (χ0v) is 10.4. The molecule has 0 spiro atoms. The van der Waals surface area contributed by atoms with Crippen LogP contribution < -0.4 is 16.2 Å². The van der Waals surface area contributed by atoms with Crippen LogP contribution in [0.4, 0.5) is 8.78 Å². The minimum Gasteiger partial charge on any atom is -0.487 e. The molecule has 1 aliphatic rings. The quantitative estimate of drug-likeness (QED) is 0.847. The first kappa shape index (κ1) is 13.2. The lowest BCUT2D eigenvalue weighted by molar-refractivity contribution is 0.269. The Hall–Kier alpha value is -1.20. The van der Waals surface area contributed by atoms with Crippen molar-refractivity contribution in [2.24, 2.45) is 17.4 Å². The maximum Gasteiger partial charge on any atom is 0.191 e. The predicted molar refractivity (Wildman–Crippen MR) is 65.3 cm³/mol. The molecule has 1 saturated carbocycles. The smallest absolute Gasteiger partial charge is 0.191 e. The molecule has 1 atom stereocenters. The Morgan fingerprint density at radius 1 is 1.44 bits per heavy atom. The molecule has 18 heavy (non-hydrogen) atoms. The van der Waals surface area contributed by atoms with Gasteiger partial charge >= 0.3 is 0 Å². The van der Waals surface area contributed by atoms with Gasteiger partial charge in [-0.1, -0.05) is 0 Å². The molecular weight excluding hydrogens is 238 g/mol. The molecule has 1 aromatic rings. The second kappa shape index (κ2) is 5.20. The molecule has 3 nitrogen and oxygen atoms in total. The van der Waals surface area contributed by atoms with Crippen LogP contribution in [-0.4, -0.2) is 13.2 Å². The molecule has 4 N–H and O–H groups in total. The van der Waals surface area contributed by atoms with Gasteiger partial charge in [-0.2, -0.15) is 0 Å². The van der Waals surface area contributed by atoms with Gasteiger partial charge < -0.3 is 16.2 Å². The van der Waals surface area contributed by atoms with Gasteiger partial charge in [-0.3, -0.25) is 0 Å². The summed E-state index contributed by atoms with van der Waals surface area (Å²) in [5, 5.41) is 0. The molecule has 1 aromatic carbocycles. The van der Waals surface area contributed by atoms with E-state index in [1.807, 2.05) is 0 Å². The van der Waals surface area contributed by atoms with Crippen molar-refractivity contribution in [3.63, 3.8) is 0 Å². The van der Waals surface area contributed by atoms with Crippen molar-refractivity contribution in [2.75, 3.05) is 13.2 Å². The molecule has 0 aromatic heterocycles. The van der Waals surface area contributed by atoms with Gasteiger partial charge in [0.1, 0.15) is 0 Å². The Morgan fingerprint density at radius 2 is 2.11 bits per heavy atom. The lowest BCUT2D eigenvalue weighted by atomic mass is 10.0. The summed E-state index contributed by atoms with van der Waals surface area (Å²) in [5.41, 5.74) is 11.8. The van der Waals surface area contributed by atoms with Crippen molar-refractivity contribution in [3.05, 3.63) is 28.8 Å². The Kier molecular flexibility index (Phi) is 3.82. The normalized spacial score (nSPS) is 16.7. The number of nitrogens with two attached hydrogens (primary N) is 2. The molecule has 0 amide bonds. The Labute approximate surface area is 105 Å². The topological polar surface area (TPSA) is 61.3 Å². The van der Waals surface area contributed by atoms with E-state index in [0.717, 1.165) is 12.8 Å². The van der Waals surface area contributed by atoms with Crippen LogP contribution in [-0.2, 0) is 0 Å². The maximum absolute atomic E-state index is 14.0. The van der Waals surface area contributed by atoms with Crippen molar-refractivity contribution >= 4 is 0 Å². The van der Waals surface area contributed by atoms with Crippen LogP contribution >= 0.6 is 0 Å². The monoisotopic (exact) mass is 256 g/mol. The Morgan fingerprint density at radius 3 is 2.67 bits per heavy atom. The van der Waals surface area contributed by atoms with Gasteiger partial charge in [-0.15, -0.1) is 0 Å². The highest BCUT2D eigenvalue weighted by Crippen LogP contribution is 2.33. The fraction of sp³-hybridized carbons (Fsp3) is 0.538. The number of ether oxygens (including phenoxy) is 1. The molecule has 1 aliphatic carbocycles. The van der Waals surface area contributed by atoms with Crippen LogP contribution in [0.3, 0.4) is 0 Å². The Balaban J connectivity index is 2.27. The van der Waals surface area contributed by atoms with E-state index in [4.69, 9.17) is 16.2 Å². The zero-order chi connectivity index (χ0) is 13.3. The van der Waals surface area contributed by atoms with Crippen LogP contribution in [0.5, 0.6) is 5.75 Å². The molecule has 5 heteroatoms. The highest BCUT2D eigenvalue weighted by atomic mass is 19.1. The molecular formula is C13H18F2N2O. The molecule has 1 unspecified atom stereocenters. The number of rotatable bonds is 5. The first-order valence-electron chi connectivity index (χ1n) is 6.11. The number of benzene rings is 1. The molecule has 0 bridgehead atoms. The molecule has 100 valence electrons. The lowest BCUT2D eigenvalue weighted by Gasteiger charge is -2.16. The maximum atomic E-state index is 14.0. The lowest BCUT2D eigenvalue weighted by Crippen LogP contribution is -2.22. The molecule has 1 fully saturated rings. The van der Waals surface area contributed by atoms with E-state index in [2.05, 4.69) is 0 Å². The predicted octanol–water partition coefficient (Wildman–Crippen LogP) is 2.02. The fourth-order valence-corrected chi connectivity index (χ4v) is 1.84. The highest BCUT2D eigenvalue weighted by molar-refractivity contribution is 5.40. The summed E-state index contributed by atoms with van der Waals surface area (Å²) in [7, 11) is 0. The van der Waals surface area contributed by atoms with Gasteiger partial charge in [0.25, 0.3) is 0 Å². The van der Waals surface area contributed by atoms with Crippen molar-refractivity contribution in [1.82, 2.24) is 0 Å². The van der Waals surface area contributed by atoms with Crippen molar-refractivity contribution < 1.29 is 13.5 Å². The van der Waals surface area contributed by atoms with Gasteiger partial charge in [-0.05, 0) is 42.9 Å². The van der Waals surface area contributed by atoms with Crippen LogP contribution in [0.25, 0.3) is 0 Å². The van der Waals surface area contributed by atoms with Gasteiger partial charge in [0.05, 0.1) is 6.61 Å². The summed E-state index contributed by atoms with van der Waals surface area (Å²) < 4.78 is 33.0. The van der Waals surface area contributed by atoms with Crippen LogP contribution in [0.1, 0.15) is 30.0 Å². The second-order valence-corrected chi connectivity index (χ2v) is 4.81. The van der Waals surface area contributed by atoms with Gasteiger partial charge in [0.2, 0.25) is 0 Å². The largest absolute Gasteiger partial charge is 0.487 e. The first-order chi connectivity index (χ1) is 8.54. The van der Waals surface area contributed by atoms with E-state index in [9.17, 15) is 8.78 Å². The van der Waals surface area contributed by atoms with Crippen molar-refractivity contribution in [1.29, 1.82) is 0 Å². The van der Waals surface area contributed by atoms with Crippen LogP contribution in [0.2, 0.25) is 0 Å². The third-order valence-electron chi connectivity index (χ3n) is 3.27. The first-order valence-corrected chi connectivity index (χ1v) is 6.11. The minimum absolute atomic E-state index is 0.141. The third kappa shape index (κ3) is 2.62. The minimum atomic E-state index is -0.711. The average molecular weight is 256 g/mol. The van der Waals surface area contributed by atoms with E-state index in [-0.39, 0.29) is 12.3 Å². The zero-order valence-electron chi connectivity index (χ0n) is 10.4. The summed E-state index contributed by atoms with van der Waals surface area (Å²) in [6.07, 6.45) is 2.14. The van der Waals surface area contributed by atoms with E-state index in [1.165, 1.54) is 6.07 Å². The van der Waals surface area contributed by atoms with E-state index in [0.29, 0.717) is 23.7 Å². The van der Waals surface area contributed by atoms with Gasteiger partial charge in [0, 0.05) is 12.6 Å². The Bertz CT molecular complexity index is 447. The molecule has 0 aliphatic heterocycles.